The van der Waals surface area contributed by atoms with Crippen LogP contribution in [0.1, 0.15) is 36.7 Å². The number of imidazole rings is 1. The molecule has 0 aliphatic rings. The van der Waals surface area contributed by atoms with Crippen molar-refractivity contribution in [1.82, 2.24) is 19.5 Å². The van der Waals surface area contributed by atoms with Crippen LogP contribution in [-0.2, 0) is 26.6 Å². The molecule has 0 saturated carbocycles. The van der Waals surface area contributed by atoms with E-state index in [-0.39, 0.29) is 0 Å². The lowest BCUT2D eigenvalue weighted by Crippen LogP contribution is -2.24. The highest BCUT2D eigenvalue weighted by Crippen LogP contribution is 2.26. The molecule has 5 nitrogen and oxygen atoms in total. The van der Waals surface area contributed by atoms with E-state index in [1.165, 1.54) is 11.1 Å². The first-order valence-corrected chi connectivity index (χ1v) is 10.3. The van der Waals surface area contributed by atoms with Gasteiger partial charge >= 0.3 is 0 Å². The Bertz CT molecular complexity index is 1020. The van der Waals surface area contributed by atoms with Gasteiger partial charge in [-0.15, -0.1) is 0 Å². The standard InChI is InChI=1S/C24H27N5/c1-3-4-15-21-26-23-22(25-18-28(23)2)24(27-21)29(16-19-11-7-5-8-12-19)17-20-13-9-6-10-14-20/h5-14,18H,3-4,15-17H2,1-2H3. The van der Waals surface area contributed by atoms with Gasteiger partial charge in [0.15, 0.2) is 17.0 Å². The Morgan fingerprint density at radius 1 is 0.862 bits per heavy atom. The van der Waals surface area contributed by atoms with Crippen molar-refractivity contribution in [3.05, 3.63) is 83.9 Å². The summed E-state index contributed by atoms with van der Waals surface area (Å²) in [4.78, 5) is 16.7. The summed E-state index contributed by atoms with van der Waals surface area (Å²) in [5.74, 6) is 1.80. The lowest BCUT2D eigenvalue weighted by Gasteiger charge is -2.25. The van der Waals surface area contributed by atoms with Gasteiger partial charge in [-0.1, -0.05) is 74.0 Å². The third-order valence-corrected chi connectivity index (χ3v) is 5.07. The van der Waals surface area contributed by atoms with Crippen molar-refractivity contribution in [3.8, 4) is 0 Å². The first-order chi connectivity index (χ1) is 14.2. The van der Waals surface area contributed by atoms with Crippen molar-refractivity contribution in [3.63, 3.8) is 0 Å². The maximum absolute atomic E-state index is 4.98. The maximum Gasteiger partial charge on any atom is 0.165 e. The summed E-state index contributed by atoms with van der Waals surface area (Å²) in [5.41, 5.74) is 4.26. The summed E-state index contributed by atoms with van der Waals surface area (Å²) in [6.45, 7) is 3.73. The van der Waals surface area contributed by atoms with Gasteiger partial charge in [-0.3, -0.25) is 0 Å². The first kappa shape index (κ1) is 19.1. The van der Waals surface area contributed by atoms with Crippen LogP contribution in [0, 0.1) is 0 Å². The molecule has 2 aromatic carbocycles. The third-order valence-electron chi connectivity index (χ3n) is 5.07. The minimum absolute atomic E-state index is 0.769. The molecule has 4 aromatic rings. The Morgan fingerprint density at radius 3 is 2.07 bits per heavy atom. The fourth-order valence-electron chi connectivity index (χ4n) is 3.52. The van der Waals surface area contributed by atoms with Crippen molar-refractivity contribution in [1.29, 1.82) is 0 Å². The lowest BCUT2D eigenvalue weighted by molar-refractivity contribution is 0.735. The summed E-state index contributed by atoms with van der Waals surface area (Å²) >= 11 is 0. The number of rotatable bonds is 8. The van der Waals surface area contributed by atoms with Crippen LogP contribution in [0.25, 0.3) is 11.2 Å². The fraction of sp³-hybridized carbons (Fsp3) is 0.292. The number of hydrogen-bond acceptors (Lipinski definition) is 4. The molecule has 0 spiro atoms. The second-order valence-electron chi connectivity index (χ2n) is 7.42. The zero-order valence-electron chi connectivity index (χ0n) is 17.1. The second kappa shape index (κ2) is 8.86. The van der Waals surface area contributed by atoms with Gasteiger partial charge in [0, 0.05) is 26.6 Å². The van der Waals surface area contributed by atoms with Crippen LogP contribution in [0.4, 0.5) is 5.82 Å². The molecule has 4 rings (SSSR count). The minimum atomic E-state index is 0.769. The minimum Gasteiger partial charge on any atom is -0.346 e. The van der Waals surface area contributed by atoms with Crippen molar-refractivity contribution in [2.24, 2.45) is 7.05 Å². The van der Waals surface area contributed by atoms with Gasteiger partial charge in [0.25, 0.3) is 0 Å². The number of nitrogens with zero attached hydrogens (tertiary/aromatic N) is 5. The molecule has 0 aliphatic carbocycles. The van der Waals surface area contributed by atoms with Crippen LogP contribution >= 0.6 is 0 Å². The third kappa shape index (κ3) is 4.45. The predicted molar refractivity (Wildman–Crippen MR) is 118 cm³/mol. The maximum atomic E-state index is 4.98. The van der Waals surface area contributed by atoms with E-state index in [0.717, 1.165) is 55.2 Å². The monoisotopic (exact) mass is 385 g/mol. The smallest absolute Gasteiger partial charge is 0.165 e. The zero-order valence-corrected chi connectivity index (χ0v) is 17.1. The summed E-state index contributed by atoms with van der Waals surface area (Å²) < 4.78 is 1.99. The molecular weight excluding hydrogens is 358 g/mol. The number of hydrogen-bond donors (Lipinski definition) is 0. The number of fused-ring (bicyclic) bond motifs is 1. The molecule has 0 fully saturated rings. The van der Waals surface area contributed by atoms with Gasteiger partial charge < -0.3 is 9.47 Å². The van der Waals surface area contributed by atoms with Crippen molar-refractivity contribution in [2.45, 2.75) is 39.3 Å². The SMILES string of the molecule is CCCCc1nc(N(Cc2ccccc2)Cc2ccccc2)c2ncn(C)c2n1. The Morgan fingerprint density at radius 2 is 1.48 bits per heavy atom. The number of aryl methyl sites for hydroxylation is 2. The fourth-order valence-corrected chi connectivity index (χ4v) is 3.52. The van der Waals surface area contributed by atoms with E-state index in [2.05, 4.69) is 77.5 Å². The van der Waals surface area contributed by atoms with Gasteiger partial charge in [-0.05, 0) is 17.5 Å². The lowest BCUT2D eigenvalue weighted by atomic mass is 10.1. The first-order valence-electron chi connectivity index (χ1n) is 10.3. The number of unbranched alkanes of at least 4 members (excludes halogenated alkanes) is 1. The van der Waals surface area contributed by atoms with Gasteiger partial charge in [0.05, 0.1) is 6.33 Å². The molecule has 148 valence electrons. The highest BCUT2D eigenvalue weighted by molar-refractivity contribution is 5.83. The number of aromatic nitrogens is 4. The van der Waals surface area contributed by atoms with Crippen molar-refractivity contribution in [2.75, 3.05) is 4.90 Å². The van der Waals surface area contributed by atoms with Crippen LogP contribution in [0.5, 0.6) is 0 Å². The molecule has 5 heteroatoms. The highest BCUT2D eigenvalue weighted by Gasteiger charge is 2.18. The quantitative estimate of drug-likeness (QED) is 0.432. The molecule has 0 N–H and O–H groups in total. The average Bonchev–Trinajstić information content (AvgIpc) is 3.13. The molecule has 0 saturated heterocycles. The molecule has 0 bridgehead atoms. The van der Waals surface area contributed by atoms with Crippen molar-refractivity contribution < 1.29 is 0 Å². The zero-order chi connectivity index (χ0) is 20.1. The molecule has 0 unspecified atom stereocenters. The van der Waals surface area contributed by atoms with E-state index in [1.54, 1.807) is 0 Å². The van der Waals surface area contributed by atoms with E-state index >= 15 is 0 Å². The predicted octanol–water partition coefficient (Wildman–Crippen LogP) is 4.91. The highest BCUT2D eigenvalue weighted by atomic mass is 15.2. The molecule has 0 amide bonds. The Kier molecular flexibility index (Phi) is 5.84. The molecule has 0 aliphatic heterocycles. The Labute approximate surface area is 172 Å². The van der Waals surface area contributed by atoms with Crippen LogP contribution in [0.3, 0.4) is 0 Å². The number of benzene rings is 2. The van der Waals surface area contributed by atoms with Crippen LogP contribution in [-0.4, -0.2) is 19.5 Å². The molecule has 0 atom stereocenters. The average molecular weight is 386 g/mol. The summed E-state index contributed by atoms with van der Waals surface area (Å²) in [6, 6.07) is 21.1. The van der Waals surface area contributed by atoms with Gasteiger partial charge in [0.1, 0.15) is 5.82 Å². The van der Waals surface area contributed by atoms with E-state index in [9.17, 15) is 0 Å². The molecule has 2 aromatic heterocycles. The second-order valence-corrected chi connectivity index (χ2v) is 7.42. The van der Waals surface area contributed by atoms with Crippen LogP contribution in [0.15, 0.2) is 67.0 Å². The van der Waals surface area contributed by atoms with E-state index < -0.39 is 0 Å². The van der Waals surface area contributed by atoms with Crippen LogP contribution < -0.4 is 4.90 Å². The summed E-state index contributed by atoms with van der Waals surface area (Å²) in [6.07, 6.45) is 4.92. The van der Waals surface area contributed by atoms with E-state index in [1.807, 2.05) is 17.9 Å². The van der Waals surface area contributed by atoms with E-state index in [0.29, 0.717) is 0 Å². The molecular formula is C24H27N5. The largest absolute Gasteiger partial charge is 0.346 e. The van der Waals surface area contributed by atoms with Gasteiger partial charge in [-0.25, -0.2) is 15.0 Å². The van der Waals surface area contributed by atoms with Crippen LogP contribution in [0.2, 0.25) is 0 Å². The van der Waals surface area contributed by atoms with Gasteiger partial charge in [-0.2, -0.15) is 0 Å². The molecule has 2 heterocycles. The van der Waals surface area contributed by atoms with Crippen molar-refractivity contribution >= 4 is 17.0 Å². The number of anilines is 1. The van der Waals surface area contributed by atoms with E-state index in [4.69, 9.17) is 9.97 Å². The van der Waals surface area contributed by atoms with Gasteiger partial charge in [0.2, 0.25) is 0 Å². The molecule has 29 heavy (non-hydrogen) atoms. The Hall–Kier alpha value is -3.21. The topological polar surface area (TPSA) is 46.8 Å². The summed E-state index contributed by atoms with van der Waals surface area (Å²) in [5, 5.41) is 0. The molecule has 0 radical (unpaired) electrons. The summed E-state index contributed by atoms with van der Waals surface area (Å²) in [7, 11) is 1.99. The normalized spacial score (nSPS) is 11.1. The Balaban J connectivity index is 1.78.